The summed E-state index contributed by atoms with van der Waals surface area (Å²) >= 11 is 1.43. The Balaban J connectivity index is 1.45. The van der Waals surface area contributed by atoms with E-state index in [1.165, 1.54) is 15.6 Å². The monoisotopic (exact) mass is 522 g/mol. The number of benzene rings is 2. The maximum atomic E-state index is 13.9. The first-order chi connectivity index (χ1) is 17.5. The van der Waals surface area contributed by atoms with Crippen LogP contribution in [0.1, 0.15) is 18.4 Å². The highest BCUT2D eigenvalue weighted by atomic mass is 32.2. The molecule has 0 aliphatic carbocycles. The lowest BCUT2D eigenvalue weighted by atomic mass is 9.98. The number of anilines is 1. The molecule has 10 heteroatoms. The van der Waals surface area contributed by atoms with Gasteiger partial charge in [-0.15, -0.1) is 0 Å². The third kappa shape index (κ3) is 4.97. The number of hydrogen-bond acceptors (Lipinski definition) is 7. The van der Waals surface area contributed by atoms with Gasteiger partial charge < -0.3 is 4.74 Å². The molecule has 1 saturated heterocycles. The highest BCUT2D eigenvalue weighted by Gasteiger charge is 2.36. The fourth-order valence-corrected chi connectivity index (χ4v) is 6.87. The molecule has 4 aromatic rings. The van der Waals surface area contributed by atoms with Crippen LogP contribution in [-0.2, 0) is 21.4 Å². The van der Waals surface area contributed by atoms with Crippen molar-refractivity contribution in [3.8, 4) is 5.75 Å². The van der Waals surface area contributed by atoms with Gasteiger partial charge in [-0.2, -0.15) is 4.31 Å². The van der Waals surface area contributed by atoms with Gasteiger partial charge in [0.25, 0.3) is 0 Å². The second-order valence-corrected chi connectivity index (χ2v) is 11.6. The van der Waals surface area contributed by atoms with Crippen LogP contribution in [0.5, 0.6) is 5.75 Å². The molecule has 8 nitrogen and oxygen atoms in total. The number of hydrogen-bond donors (Lipinski definition) is 0. The first-order valence-corrected chi connectivity index (χ1v) is 13.9. The van der Waals surface area contributed by atoms with Crippen molar-refractivity contribution in [3.05, 3.63) is 78.6 Å². The summed E-state index contributed by atoms with van der Waals surface area (Å²) in [7, 11) is -2.08. The highest BCUT2D eigenvalue weighted by molar-refractivity contribution is 7.89. The van der Waals surface area contributed by atoms with Gasteiger partial charge in [-0.3, -0.25) is 14.7 Å². The highest BCUT2D eigenvalue weighted by Crippen LogP contribution is 2.34. The van der Waals surface area contributed by atoms with E-state index >= 15 is 0 Å². The average Bonchev–Trinajstić information content (AvgIpc) is 3.35. The first-order valence-electron chi connectivity index (χ1n) is 11.7. The van der Waals surface area contributed by atoms with E-state index < -0.39 is 15.9 Å². The first kappa shape index (κ1) is 24.4. The van der Waals surface area contributed by atoms with Crippen molar-refractivity contribution < 1.29 is 17.9 Å². The summed E-state index contributed by atoms with van der Waals surface area (Å²) < 4.78 is 34.2. The number of thiazole rings is 1. The maximum Gasteiger partial charge on any atom is 0.243 e. The number of carbonyl (C=O) groups is 1. The van der Waals surface area contributed by atoms with E-state index in [4.69, 9.17) is 9.72 Å². The minimum absolute atomic E-state index is 0.137. The Kier molecular flexibility index (Phi) is 6.99. The van der Waals surface area contributed by atoms with Crippen molar-refractivity contribution in [2.24, 2.45) is 5.92 Å². The molecule has 1 amide bonds. The lowest BCUT2D eigenvalue weighted by Crippen LogP contribution is -2.46. The standard InChI is InChI=1S/C26H26N4O4S2/c1-34-21-11-12-24-23(15-21)28-26(35-24)30(17-19-7-5-13-27-16-19)25(31)20-8-6-14-29(18-20)36(32,33)22-9-3-2-4-10-22/h2-5,7,9-13,15-16,20H,6,8,14,17-18H2,1H3. The fourth-order valence-electron chi connectivity index (χ4n) is 4.38. The molecule has 0 spiro atoms. The molecule has 1 unspecified atom stereocenters. The number of carbonyl (C=O) groups excluding carboxylic acids is 1. The number of pyridine rings is 1. The molecule has 0 N–H and O–H groups in total. The summed E-state index contributed by atoms with van der Waals surface area (Å²) in [6.45, 7) is 0.828. The van der Waals surface area contributed by atoms with Crippen LogP contribution in [0.15, 0.2) is 78.0 Å². The number of nitrogens with zero attached hydrogens (tertiary/aromatic N) is 4. The molecule has 2 aromatic carbocycles. The van der Waals surface area contributed by atoms with Crippen LogP contribution in [0.3, 0.4) is 0 Å². The minimum Gasteiger partial charge on any atom is -0.497 e. The smallest absolute Gasteiger partial charge is 0.243 e. The van der Waals surface area contributed by atoms with Crippen LogP contribution < -0.4 is 9.64 Å². The Morgan fingerprint density at radius 2 is 2.00 bits per heavy atom. The van der Waals surface area contributed by atoms with E-state index in [1.54, 1.807) is 54.7 Å². The van der Waals surface area contributed by atoms with Gasteiger partial charge in [-0.05, 0) is 48.7 Å². The van der Waals surface area contributed by atoms with E-state index in [0.29, 0.717) is 36.8 Å². The third-order valence-corrected chi connectivity index (χ3v) is 9.20. The number of fused-ring (bicyclic) bond motifs is 1. The summed E-state index contributed by atoms with van der Waals surface area (Å²) in [5.74, 6) is 0.0758. The summed E-state index contributed by atoms with van der Waals surface area (Å²) in [6, 6.07) is 17.8. The summed E-state index contributed by atoms with van der Waals surface area (Å²) in [5, 5.41) is 0.565. The average molecular weight is 523 g/mol. The molecule has 0 bridgehead atoms. The molecule has 1 fully saturated rings. The van der Waals surface area contributed by atoms with Crippen LogP contribution in [0, 0.1) is 5.92 Å². The summed E-state index contributed by atoms with van der Waals surface area (Å²) in [5.41, 5.74) is 1.61. The van der Waals surface area contributed by atoms with E-state index in [0.717, 1.165) is 15.8 Å². The van der Waals surface area contributed by atoms with Crippen molar-refractivity contribution in [2.75, 3.05) is 25.1 Å². The number of methoxy groups -OCH3 is 1. The molecule has 0 radical (unpaired) electrons. The molecule has 186 valence electrons. The Bertz CT molecular complexity index is 1460. The summed E-state index contributed by atoms with van der Waals surface area (Å²) in [4.78, 5) is 24.8. The zero-order chi connectivity index (χ0) is 25.1. The van der Waals surface area contributed by atoms with Crippen LogP contribution in [0.25, 0.3) is 10.2 Å². The Hall–Kier alpha value is -3.34. The predicted molar refractivity (Wildman–Crippen MR) is 140 cm³/mol. The van der Waals surface area contributed by atoms with Crippen LogP contribution in [-0.4, -0.2) is 48.8 Å². The minimum atomic E-state index is -3.68. The largest absolute Gasteiger partial charge is 0.497 e. The Morgan fingerprint density at radius 1 is 1.17 bits per heavy atom. The molecule has 1 atom stereocenters. The van der Waals surface area contributed by atoms with Crippen molar-refractivity contribution in [2.45, 2.75) is 24.3 Å². The second kappa shape index (κ2) is 10.3. The van der Waals surface area contributed by atoms with Crippen molar-refractivity contribution in [1.29, 1.82) is 0 Å². The zero-order valence-electron chi connectivity index (χ0n) is 19.8. The Morgan fingerprint density at radius 3 is 2.75 bits per heavy atom. The maximum absolute atomic E-state index is 13.9. The van der Waals surface area contributed by atoms with Gasteiger partial charge >= 0.3 is 0 Å². The van der Waals surface area contributed by atoms with Gasteiger partial charge in [0.05, 0.1) is 34.7 Å². The van der Waals surface area contributed by atoms with Crippen molar-refractivity contribution >= 4 is 42.6 Å². The SMILES string of the molecule is COc1ccc2sc(N(Cc3cccnc3)C(=O)C3CCCN(S(=O)(=O)c4ccccc4)C3)nc2c1. The Labute approximate surface area is 214 Å². The molecule has 5 rings (SSSR count). The van der Waals surface area contributed by atoms with Gasteiger partial charge in [-0.25, -0.2) is 13.4 Å². The van der Waals surface area contributed by atoms with Gasteiger partial charge in [0.1, 0.15) is 5.75 Å². The number of piperidine rings is 1. The van der Waals surface area contributed by atoms with Gasteiger partial charge in [0.15, 0.2) is 5.13 Å². The topological polar surface area (TPSA) is 92.7 Å². The molecule has 2 aromatic heterocycles. The van der Waals surface area contributed by atoms with E-state index in [1.807, 2.05) is 30.3 Å². The number of amides is 1. The molecule has 0 saturated carbocycles. The van der Waals surface area contributed by atoms with Crippen LogP contribution >= 0.6 is 11.3 Å². The second-order valence-electron chi connectivity index (χ2n) is 8.63. The van der Waals surface area contributed by atoms with E-state index in [-0.39, 0.29) is 17.3 Å². The predicted octanol–water partition coefficient (Wildman–Crippen LogP) is 4.33. The molecular formula is C26H26N4O4S2. The van der Waals surface area contributed by atoms with Gasteiger partial charge in [0.2, 0.25) is 15.9 Å². The van der Waals surface area contributed by atoms with Crippen molar-refractivity contribution in [3.63, 3.8) is 0 Å². The van der Waals surface area contributed by atoms with Crippen LogP contribution in [0.4, 0.5) is 5.13 Å². The number of ether oxygens (including phenoxy) is 1. The normalized spacial score (nSPS) is 16.6. The molecular weight excluding hydrogens is 496 g/mol. The zero-order valence-corrected chi connectivity index (χ0v) is 21.4. The molecule has 3 heterocycles. The molecule has 1 aliphatic rings. The third-order valence-electron chi connectivity index (χ3n) is 6.26. The van der Waals surface area contributed by atoms with E-state index in [9.17, 15) is 13.2 Å². The number of rotatable bonds is 7. The lowest BCUT2D eigenvalue weighted by Gasteiger charge is -2.33. The molecule has 1 aliphatic heterocycles. The summed E-state index contributed by atoms with van der Waals surface area (Å²) in [6.07, 6.45) is 4.64. The van der Waals surface area contributed by atoms with Gasteiger partial charge in [0, 0.05) is 31.5 Å². The lowest BCUT2D eigenvalue weighted by molar-refractivity contribution is -0.123. The quantitative estimate of drug-likeness (QED) is 0.359. The number of aromatic nitrogens is 2. The fraction of sp³-hybridized carbons (Fsp3) is 0.269. The van der Waals surface area contributed by atoms with Crippen molar-refractivity contribution in [1.82, 2.24) is 14.3 Å². The number of sulfonamides is 1. The molecule has 36 heavy (non-hydrogen) atoms. The van der Waals surface area contributed by atoms with Crippen LogP contribution in [0.2, 0.25) is 0 Å². The van der Waals surface area contributed by atoms with E-state index in [2.05, 4.69) is 4.98 Å². The van der Waals surface area contributed by atoms with Gasteiger partial charge in [-0.1, -0.05) is 35.6 Å².